The van der Waals surface area contributed by atoms with Crippen LogP contribution in [0.25, 0.3) is 5.69 Å². The van der Waals surface area contributed by atoms with E-state index in [9.17, 15) is 23.2 Å². The molecule has 0 radical (unpaired) electrons. The van der Waals surface area contributed by atoms with Crippen LogP contribution < -0.4 is 10.7 Å². The summed E-state index contributed by atoms with van der Waals surface area (Å²) in [4.78, 5) is 20.5. The second-order valence-electron chi connectivity index (χ2n) is 7.97. The predicted molar refractivity (Wildman–Crippen MR) is 109 cm³/mol. The Morgan fingerprint density at radius 2 is 1.94 bits per heavy atom. The maximum absolute atomic E-state index is 13.1. The molecular weight excluding hydrogens is 441 g/mol. The number of aromatic nitrogens is 2. The molecule has 2 aliphatic rings. The van der Waals surface area contributed by atoms with Crippen LogP contribution in [-0.2, 0) is 14.4 Å². The van der Waals surface area contributed by atoms with Crippen molar-refractivity contribution in [3.05, 3.63) is 65.7 Å². The fraction of sp³-hybridized carbons (Fsp3) is 0.286. The lowest BCUT2D eigenvalue weighted by atomic mass is 9.88. The summed E-state index contributed by atoms with van der Waals surface area (Å²) in [6.45, 7) is 3.35. The molecule has 2 N–H and O–H groups in total. The van der Waals surface area contributed by atoms with E-state index < -0.39 is 17.7 Å². The molecular formula is C21H19F3N6O3. The van der Waals surface area contributed by atoms with Gasteiger partial charge in [-0.15, -0.1) is 5.17 Å². The number of hydrogen-bond donors (Lipinski definition) is 1. The average molecular weight is 460 g/mol. The van der Waals surface area contributed by atoms with Gasteiger partial charge in [0.1, 0.15) is 17.6 Å². The topological polar surface area (TPSA) is 110 Å². The number of carbonyl (C=O) groups excluding carboxylic acids is 1. The number of benzene rings is 1. The van der Waals surface area contributed by atoms with Crippen LogP contribution in [0.4, 0.5) is 18.9 Å². The zero-order chi connectivity index (χ0) is 24.0. The number of ether oxygens (including phenoxy) is 1. The lowest BCUT2D eigenvalue weighted by Gasteiger charge is -2.45. The van der Waals surface area contributed by atoms with Gasteiger partial charge in [-0.05, 0) is 38.1 Å². The first-order valence-electron chi connectivity index (χ1n) is 9.76. The van der Waals surface area contributed by atoms with Crippen molar-refractivity contribution in [3.8, 4) is 11.8 Å². The molecule has 0 bridgehead atoms. The maximum Gasteiger partial charge on any atom is 0.493 e. The highest BCUT2D eigenvalue weighted by Gasteiger charge is 2.47. The number of anilines is 1. The van der Waals surface area contributed by atoms with Crippen molar-refractivity contribution < 1.29 is 27.5 Å². The van der Waals surface area contributed by atoms with E-state index in [0.29, 0.717) is 10.7 Å². The molecule has 0 saturated heterocycles. The predicted octanol–water partition coefficient (Wildman–Crippen LogP) is 3.08. The molecule has 0 spiro atoms. The van der Waals surface area contributed by atoms with Gasteiger partial charge >= 0.3 is 12.1 Å². The summed E-state index contributed by atoms with van der Waals surface area (Å²) in [5.41, 5.74) is 7.03. The molecule has 4 rings (SSSR count). The number of halogens is 3. The summed E-state index contributed by atoms with van der Waals surface area (Å²) >= 11 is 0. The largest absolute Gasteiger partial charge is 0.493 e. The van der Waals surface area contributed by atoms with Crippen molar-refractivity contribution in [2.24, 2.45) is 5.73 Å². The van der Waals surface area contributed by atoms with E-state index in [1.54, 1.807) is 61.4 Å². The summed E-state index contributed by atoms with van der Waals surface area (Å²) in [6.07, 6.45) is -0.184. The highest BCUT2D eigenvalue weighted by atomic mass is 19.4. The standard InChI is InChI=1S/C21H19F3N6O3/c1-20(2)9-15-16(10-25)18(26)29(14-5-3-13(4-6-14)28-8-7-27-12-28)30(17(15)11-32-20)33-19(31)21(22,23)24/h3-8,12H,9,11,26H2,1-2H3. The molecule has 12 heteroatoms. The quantitative estimate of drug-likeness (QED) is 0.744. The number of nitrogens with two attached hydrogens (primary N) is 1. The molecule has 0 saturated carbocycles. The SMILES string of the molecule is CC1(C)CC2=C(CO1)N(OC(=O)C(F)(F)F)N(c1ccc(-n3ccnc3)cc1)C(N)=C2C#N. The van der Waals surface area contributed by atoms with E-state index in [2.05, 4.69) is 4.98 Å². The molecule has 1 aromatic carbocycles. The monoisotopic (exact) mass is 460 g/mol. The first-order valence-corrected chi connectivity index (χ1v) is 9.76. The fourth-order valence-electron chi connectivity index (χ4n) is 3.58. The first-order chi connectivity index (χ1) is 15.5. The van der Waals surface area contributed by atoms with E-state index >= 15 is 0 Å². The number of hydrogen-bond acceptors (Lipinski definition) is 8. The Labute approximate surface area is 186 Å². The van der Waals surface area contributed by atoms with Gasteiger partial charge in [0.25, 0.3) is 0 Å². The van der Waals surface area contributed by atoms with Crippen molar-refractivity contribution in [2.75, 3.05) is 11.6 Å². The lowest BCUT2D eigenvalue weighted by Crippen LogP contribution is -2.53. The highest BCUT2D eigenvalue weighted by Crippen LogP contribution is 2.41. The van der Waals surface area contributed by atoms with Crippen LogP contribution in [0.3, 0.4) is 0 Å². The molecule has 0 fully saturated rings. The van der Waals surface area contributed by atoms with Crippen LogP contribution in [0.5, 0.6) is 0 Å². The Morgan fingerprint density at radius 1 is 1.27 bits per heavy atom. The Morgan fingerprint density at radius 3 is 2.52 bits per heavy atom. The molecule has 0 unspecified atom stereocenters. The summed E-state index contributed by atoms with van der Waals surface area (Å²) in [6, 6.07) is 8.49. The van der Waals surface area contributed by atoms with Gasteiger partial charge in [0.05, 0.1) is 29.8 Å². The van der Waals surface area contributed by atoms with Crippen LogP contribution in [0, 0.1) is 11.3 Å². The normalized spacial score (nSPS) is 18.2. The number of allylic oxidation sites excluding steroid dienone is 1. The molecule has 0 atom stereocenters. The summed E-state index contributed by atoms with van der Waals surface area (Å²) in [7, 11) is 0. The van der Waals surface area contributed by atoms with E-state index in [1.165, 1.54) is 0 Å². The van der Waals surface area contributed by atoms with Crippen molar-refractivity contribution in [1.29, 1.82) is 5.26 Å². The number of carbonyl (C=O) groups is 1. The molecule has 9 nitrogen and oxygen atoms in total. The van der Waals surface area contributed by atoms with Crippen LogP contribution >= 0.6 is 0 Å². The second kappa shape index (κ2) is 7.86. The number of nitrogens with zero attached hydrogens (tertiary/aromatic N) is 5. The minimum atomic E-state index is -5.25. The third-order valence-corrected chi connectivity index (χ3v) is 5.16. The third-order valence-electron chi connectivity index (χ3n) is 5.16. The summed E-state index contributed by atoms with van der Waals surface area (Å²) in [5.74, 6) is -2.62. The zero-order valence-corrected chi connectivity index (χ0v) is 17.6. The molecule has 0 aliphatic carbocycles. The molecule has 0 amide bonds. The second-order valence-corrected chi connectivity index (χ2v) is 7.97. The number of imidazole rings is 1. The molecule has 1 aromatic heterocycles. The molecule has 2 aliphatic heterocycles. The Bertz CT molecular complexity index is 1180. The zero-order valence-electron chi connectivity index (χ0n) is 17.6. The Kier molecular flexibility index (Phi) is 5.29. The van der Waals surface area contributed by atoms with Crippen molar-refractivity contribution in [1.82, 2.24) is 14.7 Å². The fourth-order valence-corrected chi connectivity index (χ4v) is 3.58. The van der Waals surface area contributed by atoms with Gasteiger partial charge in [-0.1, -0.05) is 0 Å². The van der Waals surface area contributed by atoms with E-state index in [4.69, 9.17) is 15.3 Å². The van der Waals surface area contributed by atoms with Gasteiger partial charge < -0.3 is 19.9 Å². The molecule has 33 heavy (non-hydrogen) atoms. The number of alkyl halides is 3. The lowest BCUT2D eigenvalue weighted by molar-refractivity contribution is -0.236. The van der Waals surface area contributed by atoms with Gasteiger partial charge in [-0.3, -0.25) is 0 Å². The number of hydrazine groups is 1. The van der Waals surface area contributed by atoms with E-state index in [1.807, 2.05) is 6.07 Å². The first kappa shape index (κ1) is 22.2. The van der Waals surface area contributed by atoms with Gasteiger partial charge in [0, 0.05) is 30.1 Å². The van der Waals surface area contributed by atoms with E-state index in [-0.39, 0.29) is 35.8 Å². The minimum absolute atomic E-state index is 0.0689. The van der Waals surface area contributed by atoms with Crippen molar-refractivity contribution in [3.63, 3.8) is 0 Å². The van der Waals surface area contributed by atoms with Crippen LogP contribution in [0.2, 0.25) is 0 Å². The molecule has 2 aromatic rings. The molecule has 172 valence electrons. The number of nitriles is 1. The minimum Gasteiger partial charge on any atom is -0.382 e. The Balaban J connectivity index is 1.81. The average Bonchev–Trinajstić information content (AvgIpc) is 3.28. The van der Waals surface area contributed by atoms with Crippen molar-refractivity contribution in [2.45, 2.75) is 32.0 Å². The van der Waals surface area contributed by atoms with Crippen molar-refractivity contribution >= 4 is 11.7 Å². The smallest absolute Gasteiger partial charge is 0.382 e. The van der Waals surface area contributed by atoms with Crippen LogP contribution in [0.1, 0.15) is 20.3 Å². The van der Waals surface area contributed by atoms with E-state index in [0.717, 1.165) is 10.7 Å². The van der Waals surface area contributed by atoms with Gasteiger partial charge in [0.2, 0.25) is 0 Å². The summed E-state index contributed by atoms with van der Waals surface area (Å²) < 4.78 is 46.6. The Hall–Kier alpha value is -3.98. The number of hydroxylamine groups is 1. The number of rotatable bonds is 3. The van der Waals surface area contributed by atoms with Gasteiger partial charge in [-0.25, -0.2) is 14.8 Å². The van der Waals surface area contributed by atoms with Gasteiger partial charge in [0.15, 0.2) is 0 Å². The van der Waals surface area contributed by atoms with Crippen LogP contribution in [-0.4, -0.2) is 39.1 Å². The van der Waals surface area contributed by atoms with Gasteiger partial charge in [-0.2, -0.15) is 18.4 Å². The highest BCUT2D eigenvalue weighted by molar-refractivity contribution is 5.76. The molecule has 3 heterocycles. The summed E-state index contributed by atoms with van der Waals surface area (Å²) in [5, 5.41) is 11.5. The third kappa shape index (κ3) is 4.10. The maximum atomic E-state index is 13.1. The van der Waals surface area contributed by atoms with Crippen LogP contribution in [0.15, 0.2) is 65.7 Å².